The molecule has 112 valence electrons. The van der Waals surface area contributed by atoms with E-state index in [1.54, 1.807) is 0 Å². The summed E-state index contributed by atoms with van der Waals surface area (Å²) in [7, 11) is -4.47. The molecule has 0 radical (unpaired) electrons. The fraction of sp³-hybridized carbons (Fsp3) is 0. The zero-order valence-corrected chi connectivity index (χ0v) is 11.0. The Bertz CT molecular complexity index is 809. The van der Waals surface area contributed by atoms with Crippen LogP contribution in [0, 0.1) is 23.3 Å². The molecule has 2 aromatic rings. The van der Waals surface area contributed by atoms with Gasteiger partial charge in [0.25, 0.3) is 10.0 Å². The van der Waals surface area contributed by atoms with E-state index in [9.17, 15) is 26.0 Å². The molecule has 4 nitrogen and oxygen atoms in total. The Kier molecular flexibility index (Phi) is 3.77. The van der Waals surface area contributed by atoms with Crippen molar-refractivity contribution in [1.82, 2.24) is 0 Å². The number of rotatable bonds is 3. The Morgan fingerprint density at radius 3 is 2.14 bits per heavy atom. The number of nitrogens with one attached hydrogen (secondary N) is 1. The minimum atomic E-state index is -4.47. The highest BCUT2D eigenvalue weighted by Crippen LogP contribution is 2.24. The van der Waals surface area contributed by atoms with Crippen molar-refractivity contribution in [2.75, 3.05) is 10.5 Å². The van der Waals surface area contributed by atoms with Gasteiger partial charge in [0.2, 0.25) is 0 Å². The summed E-state index contributed by atoms with van der Waals surface area (Å²) in [5.41, 5.74) is 4.29. The maximum atomic E-state index is 13.5. The molecule has 2 aromatic carbocycles. The average Bonchev–Trinajstić information content (AvgIpc) is 2.37. The molecule has 0 unspecified atom stereocenters. The standard InChI is InChI=1S/C12H8F4N2O2S/c13-7-2-1-6(3-8(7)14)18-21(19,20)12-5-11(17)9(15)4-10(12)16/h1-5,18H,17H2. The molecule has 0 aromatic heterocycles. The van der Waals surface area contributed by atoms with Crippen molar-refractivity contribution < 1.29 is 26.0 Å². The molecule has 0 spiro atoms. The summed E-state index contributed by atoms with van der Waals surface area (Å²) in [6.07, 6.45) is 0. The van der Waals surface area contributed by atoms with Crippen molar-refractivity contribution >= 4 is 21.4 Å². The number of nitrogen functional groups attached to an aromatic ring is 1. The third-order valence-corrected chi connectivity index (χ3v) is 3.91. The van der Waals surface area contributed by atoms with Gasteiger partial charge in [-0.15, -0.1) is 0 Å². The SMILES string of the molecule is Nc1cc(S(=O)(=O)Nc2ccc(F)c(F)c2)c(F)cc1F. The Morgan fingerprint density at radius 2 is 1.52 bits per heavy atom. The molecule has 0 aliphatic rings. The smallest absolute Gasteiger partial charge is 0.264 e. The molecule has 0 aliphatic carbocycles. The second-order valence-corrected chi connectivity index (χ2v) is 5.69. The monoisotopic (exact) mass is 320 g/mol. The number of anilines is 2. The summed E-state index contributed by atoms with van der Waals surface area (Å²) >= 11 is 0. The average molecular weight is 320 g/mol. The molecule has 3 N–H and O–H groups in total. The van der Waals surface area contributed by atoms with Crippen molar-refractivity contribution in [2.24, 2.45) is 0 Å². The summed E-state index contributed by atoms with van der Waals surface area (Å²) in [6, 6.07) is 3.13. The normalized spacial score (nSPS) is 11.4. The Hall–Kier alpha value is -2.29. The first-order valence-electron chi connectivity index (χ1n) is 5.43. The van der Waals surface area contributed by atoms with Crippen molar-refractivity contribution in [3.05, 3.63) is 53.6 Å². The first-order valence-corrected chi connectivity index (χ1v) is 6.91. The molecule has 0 aliphatic heterocycles. The first-order chi connectivity index (χ1) is 9.70. The lowest BCUT2D eigenvalue weighted by atomic mass is 10.3. The van der Waals surface area contributed by atoms with Gasteiger partial charge in [-0.3, -0.25) is 4.72 Å². The van der Waals surface area contributed by atoms with Gasteiger partial charge >= 0.3 is 0 Å². The molecule has 0 bridgehead atoms. The van der Waals surface area contributed by atoms with Gasteiger partial charge in [-0.25, -0.2) is 26.0 Å². The number of sulfonamides is 1. The summed E-state index contributed by atoms with van der Waals surface area (Å²) in [5.74, 6) is -4.93. The van der Waals surface area contributed by atoms with Gasteiger partial charge in [-0.1, -0.05) is 0 Å². The Morgan fingerprint density at radius 1 is 0.857 bits per heavy atom. The van der Waals surface area contributed by atoms with Crippen LogP contribution in [-0.2, 0) is 10.0 Å². The van der Waals surface area contributed by atoms with Gasteiger partial charge in [0.15, 0.2) is 11.6 Å². The second kappa shape index (κ2) is 5.24. The van der Waals surface area contributed by atoms with Gasteiger partial charge in [0.05, 0.1) is 11.4 Å². The fourth-order valence-corrected chi connectivity index (χ4v) is 2.67. The van der Waals surface area contributed by atoms with E-state index in [2.05, 4.69) is 0 Å². The highest BCUT2D eigenvalue weighted by Gasteiger charge is 2.22. The molecule has 0 saturated carbocycles. The molecular formula is C12H8F4N2O2S. The summed E-state index contributed by atoms with van der Waals surface area (Å²) in [4.78, 5) is -0.911. The quantitative estimate of drug-likeness (QED) is 0.674. The van der Waals surface area contributed by atoms with Crippen LogP contribution in [-0.4, -0.2) is 8.42 Å². The van der Waals surface area contributed by atoms with Crippen LogP contribution in [0.4, 0.5) is 28.9 Å². The van der Waals surface area contributed by atoms with Crippen molar-refractivity contribution in [3.63, 3.8) is 0 Å². The molecule has 0 heterocycles. The highest BCUT2D eigenvalue weighted by atomic mass is 32.2. The van der Waals surface area contributed by atoms with E-state index < -0.39 is 43.9 Å². The molecule has 0 fully saturated rings. The predicted octanol–water partition coefficient (Wildman–Crippen LogP) is 2.63. The van der Waals surface area contributed by atoms with Crippen LogP contribution in [0.3, 0.4) is 0 Å². The summed E-state index contributed by atoms with van der Waals surface area (Å²) in [6.45, 7) is 0. The summed E-state index contributed by atoms with van der Waals surface area (Å²) in [5, 5.41) is 0. The molecule has 21 heavy (non-hydrogen) atoms. The largest absolute Gasteiger partial charge is 0.396 e. The van der Waals surface area contributed by atoms with E-state index in [0.29, 0.717) is 24.3 Å². The molecule has 0 saturated heterocycles. The number of benzene rings is 2. The summed E-state index contributed by atoms with van der Waals surface area (Å²) < 4.78 is 78.0. The lowest BCUT2D eigenvalue weighted by Gasteiger charge is -2.10. The first kappa shape index (κ1) is 15.1. The minimum absolute atomic E-state index is 0.315. The van der Waals surface area contributed by atoms with Crippen LogP contribution in [0.25, 0.3) is 0 Å². The predicted molar refractivity (Wildman–Crippen MR) is 67.9 cm³/mol. The maximum absolute atomic E-state index is 13.5. The van der Waals surface area contributed by atoms with E-state index in [4.69, 9.17) is 5.73 Å². The highest BCUT2D eigenvalue weighted by molar-refractivity contribution is 7.92. The van der Waals surface area contributed by atoms with Gasteiger partial charge in [0.1, 0.15) is 16.5 Å². The van der Waals surface area contributed by atoms with Crippen LogP contribution in [0.1, 0.15) is 0 Å². The van der Waals surface area contributed by atoms with Gasteiger partial charge in [-0.2, -0.15) is 0 Å². The third kappa shape index (κ3) is 3.07. The van der Waals surface area contributed by atoms with E-state index >= 15 is 0 Å². The van der Waals surface area contributed by atoms with E-state index in [1.165, 1.54) is 0 Å². The maximum Gasteiger partial charge on any atom is 0.264 e. The van der Waals surface area contributed by atoms with E-state index in [1.807, 2.05) is 4.72 Å². The number of halogens is 4. The van der Waals surface area contributed by atoms with Crippen molar-refractivity contribution in [2.45, 2.75) is 4.90 Å². The molecule has 0 atom stereocenters. The number of nitrogens with two attached hydrogens (primary N) is 1. The lowest BCUT2D eigenvalue weighted by molar-refractivity contribution is 0.509. The van der Waals surface area contributed by atoms with Gasteiger partial charge in [0, 0.05) is 12.1 Å². The minimum Gasteiger partial charge on any atom is -0.396 e. The lowest BCUT2D eigenvalue weighted by Crippen LogP contribution is -2.15. The van der Waals surface area contributed by atoms with Crippen LogP contribution in [0.2, 0.25) is 0 Å². The van der Waals surface area contributed by atoms with Crippen molar-refractivity contribution in [3.8, 4) is 0 Å². The zero-order valence-electron chi connectivity index (χ0n) is 10.2. The van der Waals surface area contributed by atoms with E-state index in [-0.39, 0.29) is 5.69 Å². The fourth-order valence-electron chi connectivity index (χ4n) is 1.52. The van der Waals surface area contributed by atoms with Gasteiger partial charge < -0.3 is 5.73 Å². The third-order valence-electron chi connectivity index (χ3n) is 2.51. The van der Waals surface area contributed by atoms with Crippen LogP contribution in [0.5, 0.6) is 0 Å². The molecular weight excluding hydrogens is 312 g/mol. The Labute approximate surface area is 117 Å². The molecule has 9 heteroatoms. The van der Waals surface area contributed by atoms with Crippen LogP contribution < -0.4 is 10.5 Å². The van der Waals surface area contributed by atoms with Crippen molar-refractivity contribution in [1.29, 1.82) is 0 Å². The zero-order chi connectivity index (χ0) is 15.8. The Balaban J connectivity index is 2.43. The number of hydrogen-bond acceptors (Lipinski definition) is 3. The van der Waals surface area contributed by atoms with E-state index in [0.717, 1.165) is 6.07 Å². The molecule has 2 rings (SSSR count). The van der Waals surface area contributed by atoms with Crippen LogP contribution in [0.15, 0.2) is 35.2 Å². The molecule has 0 amide bonds. The topological polar surface area (TPSA) is 72.2 Å². The van der Waals surface area contributed by atoms with Crippen LogP contribution >= 0.6 is 0 Å². The number of hydrogen-bond donors (Lipinski definition) is 2. The second-order valence-electron chi connectivity index (χ2n) is 4.04. The van der Waals surface area contributed by atoms with Gasteiger partial charge in [-0.05, 0) is 18.2 Å².